The molecular formula is C14H17N3O3. The predicted octanol–water partition coefficient (Wildman–Crippen LogP) is 2.64. The lowest BCUT2D eigenvalue weighted by Gasteiger charge is -2.31. The van der Waals surface area contributed by atoms with E-state index >= 15 is 0 Å². The van der Waals surface area contributed by atoms with Crippen molar-refractivity contribution >= 4 is 5.97 Å². The van der Waals surface area contributed by atoms with Gasteiger partial charge in [0, 0.05) is 12.6 Å². The molecule has 0 bridgehead atoms. The van der Waals surface area contributed by atoms with Gasteiger partial charge in [0.2, 0.25) is 11.7 Å². The Kier molecular flexibility index (Phi) is 3.30. The van der Waals surface area contributed by atoms with Gasteiger partial charge >= 0.3 is 5.97 Å². The monoisotopic (exact) mass is 275 g/mol. The molecule has 6 nitrogen and oxygen atoms in total. The van der Waals surface area contributed by atoms with Crippen LogP contribution in [-0.4, -0.2) is 26.2 Å². The highest BCUT2D eigenvalue weighted by atomic mass is 16.5. The zero-order valence-corrected chi connectivity index (χ0v) is 11.1. The molecule has 0 spiro atoms. The molecule has 2 heterocycles. The Morgan fingerprint density at radius 1 is 1.40 bits per heavy atom. The number of carbonyl (C=O) groups is 1. The van der Waals surface area contributed by atoms with E-state index in [0.717, 1.165) is 25.0 Å². The molecule has 1 aliphatic rings. The molecule has 2 aromatic rings. The molecule has 1 fully saturated rings. The maximum absolute atomic E-state index is 11.6. The van der Waals surface area contributed by atoms with Gasteiger partial charge in [0.05, 0.1) is 11.1 Å². The molecule has 0 atom stereocenters. The second-order valence-electron chi connectivity index (χ2n) is 5.42. The van der Waals surface area contributed by atoms with Crippen LogP contribution in [0.25, 0.3) is 11.5 Å². The topological polar surface area (TPSA) is 92.0 Å². The third-order valence-corrected chi connectivity index (χ3v) is 4.06. The van der Waals surface area contributed by atoms with Gasteiger partial charge in [0.1, 0.15) is 0 Å². The van der Waals surface area contributed by atoms with E-state index in [0.29, 0.717) is 31.0 Å². The van der Waals surface area contributed by atoms with E-state index in [-0.39, 0.29) is 0 Å². The van der Waals surface area contributed by atoms with Crippen molar-refractivity contribution in [1.29, 1.82) is 0 Å². The lowest BCUT2D eigenvalue weighted by atomic mass is 9.72. The minimum absolute atomic E-state index is 0.316. The fraction of sp³-hybridized carbons (Fsp3) is 0.500. The molecule has 0 aliphatic heterocycles. The molecule has 3 rings (SSSR count). The molecule has 2 aromatic heterocycles. The predicted molar refractivity (Wildman–Crippen MR) is 70.9 cm³/mol. The second kappa shape index (κ2) is 5.11. The summed E-state index contributed by atoms with van der Waals surface area (Å²) >= 11 is 0. The summed E-state index contributed by atoms with van der Waals surface area (Å²) in [5.74, 6) is 0.122. The summed E-state index contributed by atoms with van der Waals surface area (Å²) in [6.45, 7) is 0. The molecule has 0 amide bonds. The molecule has 106 valence electrons. The summed E-state index contributed by atoms with van der Waals surface area (Å²) in [7, 11) is 0. The first-order chi connectivity index (χ1) is 9.70. The number of aromatic nitrogens is 3. The molecule has 6 heteroatoms. The van der Waals surface area contributed by atoms with Gasteiger partial charge in [-0.3, -0.25) is 4.79 Å². The quantitative estimate of drug-likeness (QED) is 0.894. The Balaban J connectivity index is 1.81. The molecule has 1 aliphatic carbocycles. The van der Waals surface area contributed by atoms with Gasteiger partial charge in [-0.25, -0.2) is 0 Å². The van der Waals surface area contributed by atoms with Gasteiger partial charge in [-0.1, -0.05) is 24.4 Å². The first-order valence-corrected chi connectivity index (χ1v) is 6.89. The molecule has 0 radical (unpaired) electrons. The van der Waals surface area contributed by atoms with Crippen molar-refractivity contribution in [2.24, 2.45) is 5.41 Å². The summed E-state index contributed by atoms with van der Waals surface area (Å²) in [5.41, 5.74) is 0.0330. The summed E-state index contributed by atoms with van der Waals surface area (Å²) in [5, 5.41) is 13.4. The van der Waals surface area contributed by atoms with Crippen molar-refractivity contribution in [2.45, 2.75) is 38.5 Å². The van der Waals surface area contributed by atoms with E-state index in [2.05, 4.69) is 15.1 Å². The van der Waals surface area contributed by atoms with Crippen molar-refractivity contribution in [3.05, 3.63) is 24.2 Å². The van der Waals surface area contributed by atoms with Gasteiger partial charge < -0.3 is 14.6 Å². The standard InChI is InChI=1S/C14H17N3O3/c18-13(19)14(6-2-1-3-7-14)9-11-16-12(17-20-11)10-5-4-8-15-10/h4-5,8,15H,1-3,6-7,9H2,(H,18,19). The first-order valence-electron chi connectivity index (χ1n) is 6.89. The van der Waals surface area contributed by atoms with Crippen molar-refractivity contribution in [2.75, 3.05) is 0 Å². The van der Waals surface area contributed by atoms with E-state index < -0.39 is 11.4 Å². The molecule has 20 heavy (non-hydrogen) atoms. The fourth-order valence-electron chi connectivity index (χ4n) is 2.89. The van der Waals surface area contributed by atoms with Crippen LogP contribution >= 0.6 is 0 Å². The Bertz CT molecular complexity index is 583. The highest BCUT2D eigenvalue weighted by molar-refractivity contribution is 5.75. The van der Waals surface area contributed by atoms with Gasteiger partial charge in [0.15, 0.2) is 0 Å². The summed E-state index contributed by atoms with van der Waals surface area (Å²) in [4.78, 5) is 18.9. The van der Waals surface area contributed by atoms with E-state index in [1.807, 2.05) is 12.1 Å². The van der Waals surface area contributed by atoms with Crippen LogP contribution in [0.2, 0.25) is 0 Å². The van der Waals surface area contributed by atoms with E-state index in [9.17, 15) is 9.90 Å². The number of nitrogens with zero attached hydrogens (tertiary/aromatic N) is 2. The van der Waals surface area contributed by atoms with Gasteiger partial charge in [-0.2, -0.15) is 4.98 Å². The van der Waals surface area contributed by atoms with Crippen molar-refractivity contribution in [1.82, 2.24) is 15.1 Å². The maximum atomic E-state index is 11.6. The number of hydrogen-bond donors (Lipinski definition) is 2. The Labute approximate surface area is 116 Å². The third-order valence-electron chi connectivity index (χ3n) is 4.06. The molecule has 0 aromatic carbocycles. The Hall–Kier alpha value is -2.11. The lowest BCUT2D eigenvalue weighted by Crippen LogP contribution is -2.35. The zero-order valence-electron chi connectivity index (χ0n) is 11.1. The van der Waals surface area contributed by atoms with Crippen molar-refractivity contribution < 1.29 is 14.4 Å². The Morgan fingerprint density at radius 2 is 2.20 bits per heavy atom. The summed E-state index contributed by atoms with van der Waals surface area (Å²) in [6.07, 6.45) is 6.47. The highest BCUT2D eigenvalue weighted by Gasteiger charge is 2.41. The molecular weight excluding hydrogens is 258 g/mol. The van der Waals surface area contributed by atoms with Crippen molar-refractivity contribution in [3.8, 4) is 11.5 Å². The number of aromatic amines is 1. The minimum atomic E-state index is -0.753. The van der Waals surface area contributed by atoms with Gasteiger partial charge in [0.25, 0.3) is 0 Å². The van der Waals surface area contributed by atoms with Crippen LogP contribution < -0.4 is 0 Å². The minimum Gasteiger partial charge on any atom is -0.481 e. The van der Waals surface area contributed by atoms with Crippen LogP contribution in [0.1, 0.15) is 38.0 Å². The average Bonchev–Trinajstić information content (AvgIpc) is 3.10. The van der Waals surface area contributed by atoms with E-state index in [1.165, 1.54) is 0 Å². The number of nitrogens with one attached hydrogen (secondary N) is 1. The lowest BCUT2D eigenvalue weighted by molar-refractivity contribution is -0.151. The summed E-state index contributed by atoms with van der Waals surface area (Å²) < 4.78 is 5.22. The van der Waals surface area contributed by atoms with Gasteiger partial charge in [-0.05, 0) is 25.0 Å². The number of carboxylic acids is 1. The van der Waals surface area contributed by atoms with Crippen LogP contribution in [-0.2, 0) is 11.2 Å². The number of H-pyrrole nitrogens is 1. The van der Waals surface area contributed by atoms with Crippen LogP contribution in [0.3, 0.4) is 0 Å². The van der Waals surface area contributed by atoms with Crippen LogP contribution in [0.4, 0.5) is 0 Å². The number of aliphatic carboxylic acids is 1. The third kappa shape index (κ3) is 2.33. The van der Waals surface area contributed by atoms with Crippen LogP contribution in [0.15, 0.2) is 22.9 Å². The maximum Gasteiger partial charge on any atom is 0.310 e. The van der Waals surface area contributed by atoms with Gasteiger partial charge in [-0.15, -0.1) is 0 Å². The van der Waals surface area contributed by atoms with E-state index in [4.69, 9.17) is 4.52 Å². The SMILES string of the molecule is O=C(O)C1(Cc2nc(-c3ccc[nH]3)no2)CCCCC1. The fourth-order valence-corrected chi connectivity index (χ4v) is 2.89. The zero-order chi connectivity index (χ0) is 14.0. The smallest absolute Gasteiger partial charge is 0.310 e. The molecule has 0 unspecified atom stereocenters. The molecule has 1 saturated carbocycles. The first kappa shape index (κ1) is 12.9. The largest absolute Gasteiger partial charge is 0.481 e. The average molecular weight is 275 g/mol. The van der Waals surface area contributed by atoms with Crippen LogP contribution in [0, 0.1) is 5.41 Å². The molecule has 2 N–H and O–H groups in total. The van der Waals surface area contributed by atoms with Crippen molar-refractivity contribution in [3.63, 3.8) is 0 Å². The highest BCUT2D eigenvalue weighted by Crippen LogP contribution is 2.39. The summed E-state index contributed by atoms with van der Waals surface area (Å²) in [6, 6.07) is 3.70. The number of carboxylic acid groups (broad SMARTS) is 1. The number of rotatable bonds is 4. The van der Waals surface area contributed by atoms with E-state index in [1.54, 1.807) is 6.20 Å². The molecule has 0 saturated heterocycles. The second-order valence-corrected chi connectivity index (χ2v) is 5.42. The normalized spacial score (nSPS) is 18.0. The number of hydrogen-bond acceptors (Lipinski definition) is 4. The van der Waals surface area contributed by atoms with Crippen LogP contribution in [0.5, 0.6) is 0 Å². The Morgan fingerprint density at radius 3 is 2.85 bits per heavy atom.